The lowest BCUT2D eigenvalue weighted by molar-refractivity contribution is 0.318. The van der Waals surface area contributed by atoms with Gasteiger partial charge in [0.1, 0.15) is 5.75 Å². The third kappa shape index (κ3) is 5.23. The summed E-state index contributed by atoms with van der Waals surface area (Å²) in [4.78, 5) is 0. The second-order valence-corrected chi connectivity index (χ2v) is 5.72. The van der Waals surface area contributed by atoms with Crippen LogP contribution in [0.1, 0.15) is 25.1 Å². The number of benzene rings is 1. The van der Waals surface area contributed by atoms with Gasteiger partial charge in [-0.15, -0.1) is 0 Å². The van der Waals surface area contributed by atoms with E-state index in [1.54, 1.807) is 0 Å². The van der Waals surface area contributed by atoms with Crippen molar-refractivity contribution in [1.82, 2.24) is 15.1 Å². The summed E-state index contributed by atoms with van der Waals surface area (Å²) in [6, 6.07) is 10.3. The number of hydrogen-bond acceptors (Lipinski definition) is 3. The summed E-state index contributed by atoms with van der Waals surface area (Å²) in [5.41, 5.74) is 2.44. The van der Waals surface area contributed by atoms with Gasteiger partial charge >= 0.3 is 0 Å². The van der Waals surface area contributed by atoms with Crippen LogP contribution in [0.5, 0.6) is 5.75 Å². The Morgan fingerprint density at radius 3 is 2.86 bits per heavy atom. The van der Waals surface area contributed by atoms with E-state index < -0.39 is 0 Å². The second kappa shape index (κ2) is 7.84. The SMILES string of the molecule is CC(C)CNCc1cccc(OCCc2ccnn2C)c1. The molecule has 0 atom stereocenters. The molecule has 0 aliphatic heterocycles. The molecule has 0 saturated heterocycles. The minimum atomic E-state index is 0.669. The average Bonchev–Trinajstić information content (AvgIpc) is 2.85. The number of nitrogens with one attached hydrogen (secondary N) is 1. The number of rotatable bonds is 8. The van der Waals surface area contributed by atoms with Crippen LogP contribution in [0.4, 0.5) is 0 Å². The molecule has 1 aromatic heterocycles. The van der Waals surface area contributed by atoms with Gasteiger partial charge in [0, 0.05) is 31.9 Å². The van der Waals surface area contributed by atoms with Gasteiger partial charge in [-0.05, 0) is 36.2 Å². The first-order chi connectivity index (χ1) is 10.1. The lowest BCUT2D eigenvalue weighted by Gasteiger charge is -2.10. The van der Waals surface area contributed by atoms with Gasteiger partial charge < -0.3 is 10.1 Å². The Hall–Kier alpha value is -1.81. The van der Waals surface area contributed by atoms with E-state index in [1.807, 2.05) is 36.1 Å². The van der Waals surface area contributed by atoms with Crippen molar-refractivity contribution in [3.63, 3.8) is 0 Å². The van der Waals surface area contributed by atoms with Crippen LogP contribution in [-0.4, -0.2) is 22.9 Å². The van der Waals surface area contributed by atoms with Crippen molar-refractivity contribution in [2.45, 2.75) is 26.8 Å². The summed E-state index contributed by atoms with van der Waals surface area (Å²) in [6.07, 6.45) is 2.68. The quantitative estimate of drug-likeness (QED) is 0.811. The Labute approximate surface area is 127 Å². The van der Waals surface area contributed by atoms with Gasteiger partial charge in [0.15, 0.2) is 0 Å². The molecule has 0 radical (unpaired) electrons. The maximum Gasteiger partial charge on any atom is 0.119 e. The maximum absolute atomic E-state index is 5.83. The molecule has 2 aromatic rings. The monoisotopic (exact) mass is 287 g/mol. The lowest BCUT2D eigenvalue weighted by atomic mass is 10.2. The number of hydrogen-bond donors (Lipinski definition) is 1. The molecule has 0 amide bonds. The molecule has 0 fully saturated rings. The Morgan fingerprint density at radius 2 is 2.14 bits per heavy atom. The van der Waals surface area contributed by atoms with Crippen molar-refractivity contribution in [3.05, 3.63) is 47.8 Å². The van der Waals surface area contributed by atoms with Crippen LogP contribution in [0, 0.1) is 5.92 Å². The smallest absolute Gasteiger partial charge is 0.119 e. The van der Waals surface area contributed by atoms with Gasteiger partial charge in [0.25, 0.3) is 0 Å². The lowest BCUT2D eigenvalue weighted by Crippen LogP contribution is -2.18. The third-order valence-electron chi connectivity index (χ3n) is 3.33. The van der Waals surface area contributed by atoms with Gasteiger partial charge in [0.05, 0.1) is 6.61 Å². The van der Waals surface area contributed by atoms with Crippen molar-refractivity contribution < 1.29 is 4.74 Å². The summed E-state index contributed by atoms with van der Waals surface area (Å²) in [5, 5.41) is 7.60. The summed E-state index contributed by atoms with van der Waals surface area (Å²) < 4.78 is 7.72. The molecule has 4 nitrogen and oxygen atoms in total. The highest BCUT2D eigenvalue weighted by molar-refractivity contribution is 5.28. The predicted molar refractivity (Wildman–Crippen MR) is 85.4 cm³/mol. The molecular weight excluding hydrogens is 262 g/mol. The van der Waals surface area contributed by atoms with E-state index in [0.29, 0.717) is 12.5 Å². The summed E-state index contributed by atoms with van der Waals surface area (Å²) in [7, 11) is 1.95. The fourth-order valence-corrected chi connectivity index (χ4v) is 2.17. The first kappa shape index (κ1) is 15.6. The number of ether oxygens (including phenoxy) is 1. The van der Waals surface area contributed by atoms with Gasteiger partial charge in [-0.3, -0.25) is 4.68 Å². The Morgan fingerprint density at radius 1 is 1.29 bits per heavy atom. The highest BCUT2D eigenvalue weighted by Crippen LogP contribution is 2.14. The molecule has 114 valence electrons. The average molecular weight is 287 g/mol. The molecule has 0 aliphatic rings. The summed E-state index contributed by atoms with van der Waals surface area (Å²) in [6.45, 7) is 7.01. The molecule has 4 heteroatoms. The number of aryl methyl sites for hydroxylation is 1. The van der Waals surface area contributed by atoms with E-state index in [1.165, 1.54) is 11.3 Å². The van der Waals surface area contributed by atoms with Gasteiger partial charge in [0.2, 0.25) is 0 Å². The molecule has 0 spiro atoms. The molecule has 21 heavy (non-hydrogen) atoms. The van der Waals surface area contributed by atoms with Crippen LogP contribution < -0.4 is 10.1 Å². The number of nitrogens with zero attached hydrogens (tertiary/aromatic N) is 2. The van der Waals surface area contributed by atoms with E-state index in [-0.39, 0.29) is 0 Å². The molecule has 1 heterocycles. The molecule has 1 N–H and O–H groups in total. The molecule has 0 saturated carbocycles. The van der Waals surface area contributed by atoms with Crippen molar-refractivity contribution in [1.29, 1.82) is 0 Å². The molecule has 0 unspecified atom stereocenters. The van der Waals surface area contributed by atoms with E-state index in [9.17, 15) is 0 Å². The third-order valence-corrected chi connectivity index (χ3v) is 3.33. The summed E-state index contributed by atoms with van der Waals surface area (Å²) in [5.74, 6) is 1.60. The van der Waals surface area contributed by atoms with Gasteiger partial charge in [-0.2, -0.15) is 5.10 Å². The van der Waals surface area contributed by atoms with Crippen molar-refractivity contribution in [2.24, 2.45) is 13.0 Å². The highest BCUT2D eigenvalue weighted by Gasteiger charge is 2.01. The first-order valence-corrected chi connectivity index (χ1v) is 7.54. The van der Waals surface area contributed by atoms with Crippen LogP contribution in [0.15, 0.2) is 36.5 Å². The fraction of sp³-hybridized carbons (Fsp3) is 0.471. The molecular formula is C17H25N3O. The van der Waals surface area contributed by atoms with E-state index >= 15 is 0 Å². The standard InChI is InChI=1S/C17H25N3O/c1-14(2)12-18-13-15-5-4-6-17(11-15)21-10-8-16-7-9-19-20(16)3/h4-7,9,11,14,18H,8,10,12-13H2,1-3H3. The Kier molecular flexibility index (Phi) is 5.81. The van der Waals surface area contributed by atoms with Crippen LogP contribution in [0.3, 0.4) is 0 Å². The molecule has 0 bridgehead atoms. The first-order valence-electron chi connectivity index (χ1n) is 7.54. The second-order valence-electron chi connectivity index (χ2n) is 5.72. The van der Waals surface area contributed by atoms with E-state index in [2.05, 4.69) is 36.4 Å². The van der Waals surface area contributed by atoms with Crippen LogP contribution in [-0.2, 0) is 20.0 Å². The minimum Gasteiger partial charge on any atom is -0.493 e. The predicted octanol–water partition coefficient (Wildman–Crippen LogP) is 2.79. The van der Waals surface area contributed by atoms with Gasteiger partial charge in [-0.25, -0.2) is 0 Å². The normalized spacial score (nSPS) is 11.0. The maximum atomic E-state index is 5.83. The van der Waals surface area contributed by atoms with E-state index in [4.69, 9.17) is 4.74 Å². The van der Waals surface area contributed by atoms with Crippen LogP contribution >= 0.6 is 0 Å². The zero-order chi connectivity index (χ0) is 15.1. The van der Waals surface area contributed by atoms with E-state index in [0.717, 1.165) is 25.3 Å². The van der Waals surface area contributed by atoms with Crippen LogP contribution in [0.2, 0.25) is 0 Å². The molecule has 2 rings (SSSR count). The van der Waals surface area contributed by atoms with Crippen molar-refractivity contribution in [2.75, 3.05) is 13.2 Å². The summed E-state index contributed by atoms with van der Waals surface area (Å²) >= 11 is 0. The zero-order valence-corrected chi connectivity index (χ0v) is 13.2. The highest BCUT2D eigenvalue weighted by atomic mass is 16.5. The number of aromatic nitrogens is 2. The molecule has 0 aliphatic carbocycles. The topological polar surface area (TPSA) is 39.1 Å². The van der Waals surface area contributed by atoms with Crippen LogP contribution in [0.25, 0.3) is 0 Å². The zero-order valence-electron chi connectivity index (χ0n) is 13.2. The molecule has 1 aromatic carbocycles. The Balaban J connectivity index is 1.79. The minimum absolute atomic E-state index is 0.669. The van der Waals surface area contributed by atoms with Crippen molar-refractivity contribution >= 4 is 0 Å². The van der Waals surface area contributed by atoms with Crippen molar-refractivity contribution in [3.8, 4) is 5.75 Å². The van der Waals surface area contributed by atoms with Gasteiger partial charge in [-0.1, -0.05) is 26.0 Å². The Bertz CT molecular complexity index is 548. The fourth-order valence-electron chi connectivity index (χ4n) is 2.17. The largest absolute Gasteiger partial charge is 0.493 e.